The number of aromatic hydroxyl groups is 1. The molecule has 0 aliphatic rings. The van der Waals surface area contributed by atoms with Crippen LogP contribution >= 0.6 is 0 Å². The van der Waals surface area contributed by atoms with Crippen molar-refractivity contribution in [3.8, 4) is 11.5 Å². The van der Waals surface area contributed by atoms with Gasteiger partial charge in [0.05, 0.1) is 0 Å². The number of para-hydroxylation sites is 1. The normalized spacial score (nSPS) is 12.5. The fourth-order valence-electron chi connectivity index (χ4n) is 3.69. The van der Waals surface area contributed by atoms with Gasteiger partial charge in [0.1, 0.15) is 11.5 Å². The van der Waals surface area contributed by atoms with Gasteiger partial charge < -0.3 is 9.84 Å². The van der Waals surface area contributed by atoms with Gasteiger partial charge in [-0.1, -0.05) is 72.8 Å². The summed E-state index contributed by atoms with van der Waals surface area (Å²) in [5, 5.41) is 12.4. The van der Waals surface area contributed by atoms with Crippen molar-refractivity contribution in [3.63, 3.8) is 0 Å². The van der Waals surface area contributed by atoms with Gasteiger partial charge in [-0.2, -0.15) is 0 Å². The average Bonchev–Trinajstić information content (AvgIpc) is 2.81. The highest BCUT2D eigenvalue weighted by atomic mass is 16.6. The molecule has 1 atom stereocenters. The highest BCUT2D eigenvalue weighted by molar-refractivity contribution is 5.86. The van der Waals surface area contributed by atoms with E-state index in [1.165, 1.54) is 0 Å². The maximum Gasteiger partial charge on any atom is 0.417 e. The third-order valence-corrected chi connectivity index (χ3v) is 5.46. The number of amides is 1. The Kier molecular flexibility index (Phi) is 5.72. The number of phenols is 1. The summed E-state index contributed by atoms with van der Waals surface area (Å²) in [4.78, 5) is 12.2. The molecule has 0 fully saturated rings. The second-order valence-corrected chi connectivity index (χ2v) is 7.44. The zero-order valence-electron chi connectivity index (χ0n) is 17.2. The minimum Gasteiger partial charge on any atom is -0.508 e. The van der Waals surface area contributed by atoms with Crippen molar-refractivity contribution in [2.75, 3.05) is 5.32 Å². The molecule has 0 heterocycles. The number of carbonyl (C=O) groups is 1. The first-order chi connectivity index (χ1) is 15.1. The highest BCUT2D eigenvalue weighted by Crippen LogP contribution is 2.39. The van der Waals surface area contributed by atoms with Gasteiger partial charge in [-0.05, 0) is 60.0 Å². The SMILES string of the molecule is CC(c1ccccc1)(c1ccc(O)cc1)c1ccc(OC(=O)Nc2ccccc2)cc1. The summed E-state index contributed by atoms with van der Waals surface area (Å²) in [5.41, 5.74) is 3.44. The van der Waals surface area contributed by atoms with Crippen molar-refractivity contribution in [2.45, 2.75) is 12.3 Å². The van der Waals surface area contributed by atoms with Crippen LogP contribution in [0.1, 0.15) is 23.6 Å². The van der Waals surface area contributed by atoms with Gasteiger partial charge in [-0.15, -0.1) is 0 Å². The number of rotatable bonds is 5. The van der Waals surface area contributed by atoms with E-state index in [4.69, 9.17) is 4.74 Å². The summed E-state index contributed by atoms with van der Waals surface area (Å²) in [6.45, 7) is 2.15. The van der Waals surface area contributed by atoms with Crippen LogP contribution in [0, 0.1) is 0 Å². The largest absolute Gasteiger partial charge is 0.508 e. The van der Waals surface area contributed by atoms with Crippen LogP contribution in [0.5, 0.6) is 11.5 Å². The Morgan fingerprint density at radius 1 is 0.710 bits per heavy atom. The summed E-state index contributed by atoms with van der Waals surface area (Å²) in [6, 6.07) is 34.1. The number of nitrogens with one attached hydrogen (secondary N) is 1. The van der Waals surface area contributed by atoms with Gasteiger partial charge in [-0.25, -0.2) is 4.79 Å². The zero-order valence-corrected chi connectivity index (χ0v) is 17.2. The second-order valence-electron chi connectivity index (χ2n) is 7.44. The molecule has 0 radical (unpaired) electrons. The molecule has 1 amide bonds. The first-order valence-corrected chi connectivity index (χ1v) is 10.1. The van der Waals surface area contributed by atoms with E-state index in [0.717, 1.165) is 16.7 Å². The fourth-order valence-corrected chi connectivity index (χ4v) is 3.69. The molecule has 0 aliphatic carbocycles. The molecule has 2 N–H and O–H groups in total. The summed E-state index contributed by atoms with van der Waals surface area (Å²) in [7, 11) is 0. The van der Waals surface area contributed by atoms with Crippen molar-refractivity contribution < 1.29 is 14.6 Å². The third-order valence-electron chi connectivity index (χ3n) is 5.46. The summed E-state index contributed by atoms with van der Waals surface area (Å²) < 4.78 is 5.43. The van der Waals surface area contributed by atoms with Gasteiger partial charge >= 0.3 is 6.09 Å². The molecule has 31 heavy (non-hydrogen) atoms. The molecule has 0 spiro atoms. The monoisotopic (exact) mass is 409 g/mol. The molecule has 4 aromatic rings. The fraction of sp³-hybridized carbons (Fsp3) is 0.0741. The van der Waals surface area contributed by atoms with E-state index in [0.29, 0.717) is 11.4 Å². The van der Waals surface area contributed by atoms with Gasteiger partial charge in [0.25, 0.3) is 0 Å². The van der Waals surface area contributed by atoms with E-state index < -0.39 is 11.5 Å². The smallest absolute Gasteiger partial charge is 0.417 e. The number of carbonyl (C=O) groups excluding carboxylic acids is 1. The number of hydrogen-bond acceptors (Lipinski definition) is 3. The average molecular weight is 409 g/mol. The number of anilines is 1. The molecule has 0 aliphatic heterocycles. The van der Waals surface area contributed by atoms with E-state index in [9.17, 15) is 9.90 Å². The van der Waals surface area contributed by atoms with E-state index in [1.807, 2.05) is 60.7 Å². The zero-order chi connectivity index (χ0) is 21.7. The Morgan fingerprint density at radius 2 is 1.19 bits per heavy atom. The number of hydrogen-bond donors (Lipinski definition) is 2. The molecule has 4 aromatic carbocycles. The summed E-state index contributed by atoms with van der Waals surface area (Å²) in [5.74, 6) is 0.686. The second kappa shape index (κ2) is 8.76. The Morgan fingerprint density at radius 3 is 1.77 bits per heavy atom. The highest BCUT2D eigenvalue weighted by Gasteiger charge is 2.31. The Balaban J connectivity index is 1.61. The molecule has 4 rings (SSSR count). The molecule has 4 heteroatoms. The predicted octanol–water partition coefficient (Wildman–Crippen LogP) is 6.36. The van der Waals surface area contributed by atoms with Gasteiger partial charge in [-0.3, -0.25) is 5.32 Å². The van der Waals surface area contributed by atoms with Crippen LogP contribution in [0.4, 0.5) is 10.5 Å². The summed E-state index contributed by atoms with van der Waals surface area (Å²) >= 11 is 0. The molecule has 4 nitrogen and oxygen atoms in total. The number of ether oxygens (including phenoxy) is 1. The maximum absolute atomic E-state index is 12.2. The van der Waals surface area contributed by atoms with Crippen LogP contribution in [0.3, 0.4) is 0 Å². The van der Waals surface area contributed by atoms with Crippen LogP contribution in [0.25, 0.3) is 0 Å². The minimum atomic E-state index is -0.539. The molecular weight excluding hydrogens is 386 g/mol. The predicted molar refractivity (Wildman–Crippen MR) is 123 cm³/mol. The van der Waals surface area contributed by atoms with E-state index in [-0.39, 0.29) is 5.75 Å². The lowest BCUT2D eigenvalue weighted by atomic mass is 9.71. The Hall–Kier alpha value is -4.05. The van der Waals surface area contributed by atoms with Crippen LogP contribution in [0.15, 0.2) is 109 Å². The van der Waals surface area contributed by atoms with E-state index in [2.05, 4.69) is 24.4 Å². The Bertz CT molecular complexity index is 1140. The molecule has 154 valence electrons. The molecular formula is C27H23NO3. The van der Waals surface area contributed by atoms with E-state index in [1.54, 1.807) is 36.4 Å². The van der Waals surface area contributed by atoms with Crippen LogP contribution < -0.4 is 10.1 Å². The molecule has 1 unspecified atom stereocenters. The minimum absolute atomic E-state index is 0.229. The quantitative estimate of drug-likeness (QED) is 0.377. The van der Waals surface area contributed by atoms with Crippen molar-refractivity contribution in [3.05, 3.63) is 126 Å². The molecule has 0 saturated carbocycles. The van der Waals surface area contributed by atoms with Crippen LogP contribution in [-0.2, 0) is 5.41 Å². The van der Waals surface area contributed by atoms with Crippen LogP contribution in [0.2, 0.25) is 0 Å². The molecule has 0 aromatic heterocycles. The lowest BCUT2D eigenvalue weighted by molar-refractivity contribution is 0.215. The third kappa shape index (κ3) is 4.43. The molecule has 0 bridgehead atoms. The first kappa shape index (κ1) is 20.2. The first-order valence-electron chi connectivity index (χ1n) is 10.1. The number of benzene rings is 4. The van der Waals surface area contributed by atoms with Crippen LogP contribution in [-0.4, -0.2) is 11.2 Å². The van der Waals surface area contributed by atoms with Crippen molar-refractivity contribution in [2.24, 2.45) is 0 Å². The van der Waals surface area contributed by atoms with E-state index >= 15 is 0 Å². The van der Waals surface area contributed by atoms with Gasteiger partial charge in [0, 0.05) is 11.1 Å². The topological polar surface area (TPSA) is 58.6 Å². The van der Waals surface area contributed by atoms with Crippen molar-refractivity contribution in [1.29, 1.82) is 0 Å². The molecule has 0 saturated heterocycles. The van der Waals surface area contributed by atoms with Crippen molar-refractivity contribution in [1.82, 2.24) is 0 Å². The standard InChI is InChI=1S/C27H23NO3/c1-27(20-8-4-2-5-9-20,21-12-16-24(29)17-13-21)22-14-18-25(19-15-22)31-26(30)28-23-10-6-3-7-11-23/h2-19,29H,1H3,(H,28,30). The van der Waals surface area contributed by atoms with Crippen molar-refractivity contribution >= 4 is 11.8 Å². The maximum atomic E-state index is 12.2. The van der Waals surface area contributed by atoms with Gasteiger partial charge in [0.15, 0.2) is 0 Å². The number of phenolic OH excluding ortho intramolecular Hbond substituents is 1. The Labute approximate surface area is 181 Å². The van der Waals surface area contributed by atoms with Gasteiger partial charge in [0.2, 0.25) is 0 Å². The lowest BCUT2D eigenvalue weighted by Crippen LogP contribution is -2.25. The summed E-state index contributed by atoms with van der Waals surface area (Å²) in [6.07, 6.45) is -0.539. The lowest BCUT2D eigenvalue weighted by Gasteiger charge is -2.32.